The Morgan fingerprint density at radius 1 is 1.17 bits per heavy atom. The van der Waals surface area contributed by atoms with Crippen LogP contribution in [-0.4, -0.2) is 47.2 Å². The lowest BCUT2D eigenvalue weighted by atomic mass is 10.0. The molecule has 0 saturated carbocycles. The molecule has 0 radical (unpaired) electrons. The molecule has 0 amide bonds. The molecular formula is C17H22N2O4. The minimum atomic E-state index is -0.482. The van der Waals surface area contributed by atoms with Crippen molar-refractivity contribution in [1.29, 1.82) is 0 Å². The van der Waals surface area contributed by atoms with E-state index in [1.165, 1.54) is 11.5 Å². The lowest BCUT2D eigenvalue weighted by Crippen LogP contribution is -2.22. The second-order valence-corrected chi connectivity index (χ2v) is 5.62. The molecule has 0 spiro atoms. The van der Waals surface area contributed by atoms with E-state index in [0.29, 0.717) is 17.8 Å². The van der Waals surface area contributed by atoms with Crippen molar-refractivity contribution in [3.05, 3.63) is 34.8 Å². The highest BCUT2D eigenvalue weighted by molar-refractivity contribution is 6.25. The molecule has 23 heavy (non-hydrogen) atoms. The summed E-state index contributed by atoms with van der Waals surface area (Å²) in [7, 11) is 3.51. The summed E-state index contributed by atoms with van der Waals surface area (Å²) in [6.45, 7) is 4.23. The van der Waals surface area contributed by atoms with Gasteiger partial charge in [0.15, 0.2) is 5.78 Å². The molecule has 6 heteroatoms. The minimum Gasteiger partial charge on any atom is -0.461 e. The first-order valence-corrected chi connectivity index (χ1v) is 7.71. The molecule has 0 N–H and O–H groups in total. The number of esters is 1. The highest BCUT2D eigenvalue weighted by Crippen LogP contribution is 2.26. The van der Waals surface area contributed by atoms with Crippen molar-refractivity contribution in [3.8, 4) is 0 Å². The van der Waals surface area contributed by atoms with Crippen LogP contribution in [0.25, 0.3) is 0 Å². The quantitative estimate of drug-likeness (QED) is 0.273. The fourth-order valence-electron chi connectivity index (χ4n) is 2.90. The lowest BCUT2D eigenvalue weighted by molar-refractivity contribution is -0.113. The van der Waals surface area contributed by atoms with Gasteiger partial charge in [0.05, 0.1) is 17.9 Å². The number of hydrogen-bond donors (Lipinski definition) is 0. The zero-order valence-electron chi connectivity index (χ0n) is 14.0. The molecule has 1 aliphatic heterocycles. The summed E-state index contributed by atoms with van der Waals surface area (Å²) < 4.78 is 6.45. The van der Waals surface area contributed by atoms with Gasteiger partial charge in [-0.05, 0) is 38.8 Å². The van der Waals surface area contributed by atoms with Gasteiger partial charge in [-0.15, -0.1) is 0 Å². The Morgan fingerprint density at radius 3 is 2.35 bits per heavy atom. The van der Waals surface area contributed by atoms with Gasteiger partial charge in [-0.3, -0.25) is 9.59 Å². The van der Waals surface area contributed by atoms with Crippen molar-refractivity contribution in [2.24, 2.45) is 7.05 Å². The van der Waals surface area contributed by atoms with Gasteiger partial charge in [0.1, 0.15) is 5.69 Å². The van der Waals surface area contributed by atoms with Crippen molar-refractivity contribution in [3.63, 3.8) is 0 Å². The molecule has 1 aliphatic rings. The first kappa shape index (κ1) is 17.0. The molecule has 1 aromatic heterocycles. The predicted octanol–water partition coefficient (Wildman–Crippen LogP) is 1.95. The first-order chi connectivity index (χ1) is 10.9. The minimum absolute atomic E-state index is 0.210. The molecule has 1 aromatic rings. The van der Waals surface area contributed by atoms with Gasteiger partial charge in [0, 0.05) is 26.3 Å². The van der Waals surface area contributed by atoms with Gasteiger partial charge in [-0.2, -0.15) is 0 Å². The predicted molar refractivity (Wildman–Crippen MR) is 85.3 cm³/mol. The molecule has 0 unspecified atom stereocenters. The van der Waals surface area contributed by atoms with Crippen LogP contribution in [0.4, 0.5) is 0 Å². The van der Waals surface area contributed by atoms with E-state index in [4.69, 9.17) is 4.74 Å². The van der Waals surface area contributed by atoms with Crippen LogP contribution in [0.15, 0.2) is 23.4 Å². The highest BCUT2D eigenvalue weighted by atomic mass is 16.5. The number of carbonyl (C=O) groups excluding carboxylic acids is 3. The van der Waals surface area contributed by atoms with E-state index in [0.717, 1.165) is 18.7 Å². The Bertz CT molecular complexity index is 685. The maximum absolute atomic E-state index is 12.9. The number of likely N-dealkylation sites (tertiary alicyclic amines) is 1. The van der Waals surface area contributed by atoms with Gasteiger partial charge in [-0.25, -0.2) is 4.79 Å². The third kappa shape index (κ3) is 3.21. The van der Waals surface area contributed by atoms with Crippen LogP contribution in [0, 0.1) is 0 Å². The van der Waals surface area contributed by atoms with Crippen molar-refractivity contribution < 1.29 is 19.1 Å². The van der Waals surface area contributed by atoms with E-state index in [9.17, 15) is 14.4 Å². The number of rotatable bonds is 5. The average molecular weight is 318 g/mol. The van der Waals surface area contributed by atoms with Crippen molar-refractivity contribution in [2.75, 3.05) is 20.2 Å². The van der Waals surface area contributed by atoms with Gasteiger partial charge in [-0.1, -0.05) is 0 Å². The zero-order chi connectivity index (χ0) is 17.1. The number of allylic oxidation sites excluding steroid dienone is 2. The summed E-state index contributed by atoms with van der Waals surface area (Å²) in [6.07, 6.45) is 1.64. The number of nitrogens with zero attached hydrogens (tertiary/aromatic N) is 2. The zero-order valence-corrected chi connectivity index (χ0v) is 14.0. The van der Waals surface area contributed by atoms with Gasteiger partial charge in [0.2, 0.25) is 5.78 Å². The molecule has 2 rings (SSSR count). The van der Waals surface area contributed by atoms with Crippen LogP contribution in [0.2, 0.25) is 0 Å². The Morgan fingerprint density at radius 2 is 1.83 bits per heavy atom. The second kappa shape index (κ2) is 6.81. The molecule has 0 aliphatic carbocycles. The number of ketones is 2. The Kier molecular flexibility index (Phi) is 5.03. The molecular weight excluding hydrogens is 296 g/mol. The highest BCUT2D eigenvalue weighted by Gasteiger charge is 2.28. The van der Waals surface area contributed by atoms with Crippen molar-refractivity contribution in [2.45, 2.75) is 26.7 Å². The molecule has 2 heterocycles. The number of hydrogen-bond acceptors (Lipinski definition) is 5. The lowest BCUT2D eigenvalue weighted by Gasteiger charge is -2.17. The molecule has 6 nitrogen and oxygen atoms in total. The number of ether oxygens (including phenoxy) is 1. The van der Waals surface area contributed by atoms with Crippen LogP contribution in [-0.2, 0) is 16.6 Å². The monoisotopic (exact) mass is 318 g/mol. The van der Waals surface area contributed by atoms with Gasteiger partial charge in [0.25, 0.3) is 0 Å². The van der Waals surface area contributed by atoms with Gasteiger partial charge >= 0.3 is 5.97 Å². The van der Waals surface area contributed by atoms with E-state index in [1.807, 2.05) is 11.9 Å². The average Bonchev–Trinajstić information content (AvgIpc) is 3.06. The largest absolute Gasteiger partial charge is 0.461 e. The summed E-state index contributed by atoms with van der Waals surface area (Å²) >= 11 is 0. The molecule has 0 bridgehead atoms. The van der Waals surface area contributed by atoms with Crippen molar-refractivity contribution >= 4 is 17.5 Å². The van der Waals surface area contributed by atoms with E-state index in [1.54, 1.807) is 26.1 Å². The van der Waals surface area contributed by atoms with Crippen LogP contribution < -0.4 is 0 Å². The molecule has 0 aromatic carbocycles. The molecule has 1 fully saturated rings. The topological polar surface area (TPSA) is 68.6 Å². The summed E-state index contributed by atoms with van der Waals surface area (Å²) in [6, 6.07) is 3.11. The number of aromatic nitrogens is 1. The van der Waals surface area contributed by atoms with Crippen molar-refractivity contribution in [1.82, 2.24) is 9.47 Å². The van der Waals surface area contributed by atoms with Crippen LogP contribution in [0.3, 0.4) is 0 Å². The number of Topliss-reactive ketones (excluding diaryl/α,β-unsaturated/α-hetero) is 2. The van der Waals surface area contributed by atoms with E-state index >= 15 is 0 Å². The van der Waals surface area contributed by atoms with Crippen LogP contribution in [0.5, 0.6) is 0 Å². The van der Waals surface area contributed by atoms with E-state index < -0.39 is 5.97 Å². The standard InChI is InChI=1S/C17H22N2O4/c1-5-23-17(22)14-9-8-13(19(14)4)16(21)15(11(2)20)12-7-6-10-18(12)3/h8-9H,5-7,10H2,1-4H3/b15-12-. The molecule has 124 valence electrons. The fraction of sp³-hybridized carbons (Fsp3) is 0.471. The van der Waals surface area contributed by atoms with Gasteiger partial charge < -0.3 is 14.2 Å². The molecule has 1 saturated heterocycles. The van der Waals surface area contributed by atoms with E-state index in [-0.39, 0.29) is 23.7 Å². The third-order valence-electron chi connectivity index (χ3n) is 4.07. The summed E-state index contributed by atoms with van der Waals surface area (Å²) in [5, 5.41) is 0. The summed E-state index contributed by atoms with van der Waals surface area (Å²) in [4.78, 5) is 38.7. The Labute approximate surface area is 135 Å². The third-order valence-corrected chi connectivity index (χ3v) is 4.07. The maximum Gasteiger partial charge on any atom is 0.354 e. The normalized spacial score (nSPS) is 16.4. The van der Waals surface area contributed by atoms with E-state index in [2.05, 4.69) is 0 Å². The van der Waals surface area contributed by atoms with Crippen LogP contribution in [0.1, 0.15) is 47.7 Å². The first-order valence-electron chi connectivity index (χ1n) is 7.71. The number of carbonyl (C=O) groups is 3. The summed E-state index contributed by atoms with van der Waals surface area (Å²) in [5.41, 5.74) is 1.59. The molecule has 0 atom stereocenters. The second-order valence-electron chi connectivity index (χ2n) is 5.62. The summed E-state index contributed by atoms with van der Waals surface area (Å²) in [5.74, 6) is -1.08. The smallest absolute Gasteiger partial charge is 0.354 e. The fourth-order valence-corrected chi connectivity index (χ4v) is 2.90. The maximum atomic E-state index is 12.9. The van der Waals surface area contributed by atoms with Crippen LogP contribution >= 0.6 is 0 Å². The Hall–Kier alpha value is -2.37. The Balaban J connectivity index is 2.43. The SMILES string of the molecule is CCOC(=O)c1ccc(C(=O)/C(C(C)=O)=C2/CCCN2C)n1C.